The van der Waals surface area contributed by atoms with Gasteiger partial charge in [0, 0.05) is 50.2 Å². The van der Waals surface area contributed by atoms with E-state index in [1.54, 1.807) is 11.0 Å². The van der Waals surface area contributed by atoms with Crippen molar-refractivity contribution in [2.45, 2.75) is 44.8 Å². The number of halogens is 3. The predicted molar refractivity (Wildman–Crippen MR) is 120 cm³/mol. The number of nitrogens with zero attached hydrogens (tertiary/aromatic N) is 3. The molecular weight excluding hydrogens is 463 g/mol. The summed E-state index contributed by atoms with van der Waals surface area (Å²) < 4.78 is 40.3. The number of carbonyl (C=O) groups is 3. The molecule has 1 unspecified atom stereocenters. The van der Waals surface area contributed by atoms with Crippen molar-refractivity contribution in [1.29, 1.82) is 5.26 Å². The van der Waals surface area contributed by atoms with Crippen LogP contribution in [-0.2, 0) is 20.6 Å². The van der Waals surface area contributed by atoms with Crippen LogP contribution in [0.4, 0.5) is 18.9 Å². The number of hydrogen-bond donors (Lipinski definition) is 2. The summed E-state index contributed by atoms with van der Waals surface area (Å²) in [6, 6.07) is 5.47. The van der Waals surface area contributed by atoms with Crippen LogP contribution in [0.5, 0.6) is 0 Å². The highest BCUT2D eigenvalue weighted by molar-refractivity contribution is 5.86. The number of nitriles is 1. The van der Waals surface area contributed by atoms with Crippen LogP contribution in [0.15, 0.2) is 18.2 Å². The molecule has 0 bridgehead atoms. The van der Waals surface area contributed by atoms with Crippen molar-refractivity contribution in [1.82, 2.24) is 15.5 Å². The second-order valence-electron chi connectivity index (χ2n) is 9.71. The van der Waals surface area contributed by atoms with Crippen LogP contribution < -0.4 is 15.5 Å². The van der Waals surface area contributed by atoms with Crippen molar-refractivity contribution in [3.05, 3.63) is 29.3 Å². The molecule has 1 aromatic rings. The number of carbonyl (C=O) groups excluding carboxylic acids is 3. The molecule has 35 heavy (non-hydrogen) atoms. The fourth-order valence-electron chi connectivity index (χ4n) is 5.14. The molecule has 4 rings (SSSR count). The van der Waals surface area contributed by atoms with E-state index < -0.39 is 28.6 Å². The lowest BCUT2D eigenvalue weighted by molar-refractivity contribution is -0.137. The zero-order chi connectivity index (χ0) is 25.4. The summed E-state index contributed by atoms with van der Waals surface area (Å²) in [6.07, 6.45) is -1.71. The molecule has 188 valence electrons. The van der Waals surface area contributed by atoms with Crippen molar-refractivity contribution in [3.63, 3.8) is 0 Å². The highest BCUT2D eigenvalue weighted by Crippen LogP contribution is 2.46. The van der Waals surface area contributed by atoms with E-state index in [-0.39, 0.29) is 36.9 Å². The molecule has 8 nitrogen and oxygen atoms in total. The predicted octanol–water partition coefficient (Wildman–Crippen LogP) is 2.04. The molecule has 0 aromatic heterocycles. The number of rotatable bonds is 5. The second kappa shape index (κ2) is 9.40. The Labute approximate surface area is 201 Å². The minimum atomic E-state index is -4.63. The first-order valence-corrected chi connectivity index (χ1v) is 11.7. The lowest BCUT2D eigenvalue weighted by Gasteiger charge is -2.43. The zero-order valence-corrected chi connectivity index (χ0v) is 19.5. The van der Waals surface area contributed by atoms with Crippen molar-refractivity contribution >= 4 is 23.4 Å². The van der Waals surface area contributed by atoms with Crippen molar-refractivity contribution in [2.75, 3.05) is 37.6 Å². The third-order valence-corrected chi connectivity index (χ3v) is 7.28. The summed E-state index contributed by atoms with van der Waals surface area (Å²) in [5.41, 5.74) is -1.49. The van der Waals surface area contributed by atoms with E-state index in [0.29, 0.717) is 38.2 Å². The lowest BCUT2D eigenvalue weighted by atomic mass is 9.70. The van der Waals surface area contributed by atoms with Gasteiger partial charge in [-0.05, 0) is 43.9 Å². The third-order valence-electron chi connectivity index (χ3n) is 7.28. The Hall–Kier alpha value is -3.29. The highest BCUT2D eigenvalue weighted by atomic mass is 19.4. The smallest absolute Gasteiger partial charge is 0.371 e. The molecular formula is C24H28F3N5O3. The van der Waals surface area contributed by atoms with Crippen LogP contribution in [0.3, 0.4) is 0 Å². The van der Waals surface area contributed by atoms with Gasteiger partial charge in [-0.1, -0.05) is 0 Å². The van der Waals surface area contributed by atoms with Gasteiger partial charge in [-0.2, -0.15) is 18.4 Å². The summed E-state index contributed by atoms with van der Waals surface area (Å²) >= 11 is 0. The molecule has 2 N–H and O–H groups in total. The van der Waals surface area contributed by atoms with E-state index in [1.165, 1.54) is 19.1 Å². The van der Waals surface area contributed by atoms with Crippen molar-refractivity contribution < 1.29 is 27.6 Å². The lowest BCUT2D eigenvalue weighted by Crippen LogP contribution is -2.49. The van der Waals surface area contributed by atoms with Crippen LogP contribution in [0.25, 0.3) is 0 Å². The van der Waals surface area contributed by atoms with Gasteiger partial charge in [0.15, 0.2) is 0 Å². The van der Waals surface area contributed by atoms with Gasteiger partial charge in [-0.25, -0.2) is 0 Å². The quantitative estimate of drug-likeness (QED) is 0.656. The van der Waals surface area contributed by atoms with Gasteiger partial charge in [-0.3, -0.25) is 14.4 Å². The van der Waals surface area contributed by atoms with Gasteiger partial charge in [0.25, 0.3) is 0 Å². The monoisotopic (exact) mass is 491 g/mol. The molecule has 1 aromatic carbocycles. The molecule has 1 spiro atoms. The molecule has 2 heterocycles. The first kappa shape index (κ1) is 24.8. The van der Waals surface area contributed by atoms with Gasteiger partial charge in [0.2, 0.25) is 17.7 Å². The molecule has 11 heteroatoms. The maximum atomic E-state index is 13.4. The molecule has 1 aliphatic carbocycles. The molecule has 3 fully saturated rings. The number of alkyl halides is 3. The maximum Gasteiger partial charge on any atom is 0.417 e. The van der Waals surface area contributed by atoms with Crippen LogP contribution in [0.1, 0.15) is 43.7 Å². The molecule has 3 amide bonds. The van der Waals surface area contributed by atoms with Crippen LogP contribution in [-0.4, -0.2) is 61.4 Å². The first-order chi connectivity index (χ1) is 16.5. The summed E-state index contributed by atoms with van der Waals surface area (Å²) in [5, 5.41) is 14.6. The van der Waals surface area contributed by atoms with E-state index in [0.717, 1.165) is 18.9 Å². The largest absolute Gasteiger partial charge is 0.417 e. The van der Waals surface area contributed by atoms with Gasteiger partial charge in [0.05, 0.1) is 29.7 Å². The van der Waals surface area contributed by atoms with Gasteiger partial charge in [0.1, 0.15) is 0 Å². The molecule has 1 saturated carbocycles. The zero-order valence-electron chi connectivity index (χ0n) is 19.5. The average molecular weight is 492 g/mol. The molecule has 0 radical (unpaired) electrons. The second-order valence-corrected chi connectivity index (χ2v) is 9.71. The number of hydrogen-bond acceptors (Lipinski definition) is 5. The van der Waals surface area contributed by atoms with Gasteiger partial charge >= 0.3 is 6.18 Å². The average Bonchev–Trinajstić information content (AvgIpc) is 3.55. The fraction of sp³-hybridized carbons (Fsp3) is 0.583. The maximum absolute atomic E-state index is 13.4. The van der Waals surface area contributed by atoms with E-state index in [2.05, 4.69) is 10.6 Å². The summed E-state index contributed by atoms with van der Waals surface area (Å²) in [4.78, 5) is 40.5. The molecule has 3 aliphatic rings. The number of nitrogens with one attached hydrogen (secondary N) is 2. The Balaban J connectivity index is 1.51. The normalized spacial score (nSPS) is 21.5. The fourth-order valence-corrected chi connectivity index (χ4v) is 5.14. The van der Waals surface area contributed by atoms with Crippen LogP contribution in [0.2, 0.25) is 0 Å². The van der Waals surface area contributed by atoms with Crippen molar-refractivity contribution in [3.8, 4) is 6.07 Å². The van der Waals surface area contributed by atoms with E-state index >= 15 is 0 Å². The van der Waals surface area contributed by atoms with E-state index in [9.17, 15) is 27.6 Å². The van der Waals surface area contributed by atoms with Crippen LogP contribution in [0, 0.1) is 22.7 Å². The standard InChI is InChI=1S/C24H28F3N5O3/c1-15(33)29-12-21(34)32-13-20(22(35)30-17-3-4-17)23(14-32)6-8-31(9-7-23)18-5-2-16(11-28)19(10-18)24(25,26)27/h2,5,10,17,20H,3-4,6-9,12-14H2,1H3,(H,29,33)(H,30,35). The van der Waals surface area contributed by atoms with E-state index in [4.69, 9.17) is 5.26 Å². The Morgan fingerprint density at radius 3 is 2.46 bits per heavy atom. The van der Waals surface area contributed by atoms with E-state index in [1.807, 2.05) is 4.90 Å². The number of piperidine rings is 1. The van der Waals surface area contributed by atoms with Crippen molar-refractivity contribution in [2.24, 2.45) is 11.3 Å². The summed E-state index contributed by atoms with van der Waals surface area (Å²) in [5.74, 6) is -1.08. The van der Waals surface area contributed by atoms with Gasteiger partial charge in [-0.15, -0.1) is 0 Å². The SMILES string of the molecule is CC(=O)NCC(=O)N1CC(C(=O)NC2CC2)C2(CCN(c3ccc(C#N)c(C(F)(F)F)c3)CC2)C1. The third kappa shape index (κ3) is 5.36. The Morgan fingerprint density at radius 2 is 1.89 bits per heavy atom. The van der Waals surface area contributed by atoms with Gasteiger partial charge < -0.3 is 20.4 Å². The molecule has 1 atom stereocenters. The highest BCUT2D eigenvalue weighted by Gasteiger charge is 2.52. The number of amides is 3. The topological polar surface area (TPSA) is 106 Å². The molecule has 2 saturated heterocycles. The van der Waals surface area contributed by atoms with Crippen LogP contribution >= 0.6 is 0 Å². The number of anilines is 1. The summed E-state index contributed by atoms with van der Waals surface area (Å²) in [7, 11) is 0. The number of benzene rings is 1. The Kier molecular flexibility index (Phi) is 6.66. The number of likely N-dealkylation sites (tertiary alicyclic amines) is 1. The molecule has 2 aliphatic heterocycles. The minimum absolute atomic E-state index is 0.0893. The first-order valence-electron chi connectivity index (χ1n) is 11.7. The Bertz CT molecular complexity index is 1060. The Morgan fingerprint density at radius 1 is 1.20 bits per heavy atom. The minimum Gasteiger partial charge on any atom is -0.371 e. The summed E-state index contributed by atoms with van der Waals surface area (Å²) in [6.45, 7) is 2.65.